The molecule has 1 aromatic carbocycles. The number of carboxylic acid groups (broad SMARTS) is 1. The van der Waals surface area contributed by atoms with Crippen LogP contribution in [0.3, 0.4) is 0 Å². The summed E-state index contributed by atoms with van der Waals surface area (Å²) in [5, 5.41) is 14.2. The molecule has 0 aliphatic heterocycles. The van der Waals surface area contributed by atoms with Gasteiger partial charge in [-0.25, -0.2) is 13.2 Å². The van der Waals surface area contributed by atoms with Crippen molar-refractivity contribution in [3.8, 4) is 0 Å². The van der Waals surface area contributed by atoms with E-state index in [4.69, 9.17) is 39.9 Å². The number of nitrogens with one attached hydrogen (secondary N) is 2. The first-order valence-electron chi connectivity index (χ1n) is 5.17. The first-order chi connectivity index (χ1) is 9.70. The molecule has 0 spiro atoms. The van der Waals surface area contributed by atoms with E-state index in [0.717, 1.165) is 6.07 Å². The van der Waals surface area contributed by atoms with E-state index in [2.05, 4.69) is 14.9 Å². The van der Waals surface area contributed by atoms with E-state index in [1.807, 2.05) is 0 Å². The summed E-state index contributed by atoms with van der Waals surface area (Å²) >= 11 is 17.4. The van der Waals surface area contributed by atoms with Crippen molar-refractivity contribution in [2.45, 2.75) is 4.90 Å². The van der Waals surface area contributed by atoms with Crippen molar-refractivity contribution >= 4 is 56.6 Å². The molecule has 21 heavy (non-hydrogen) atoms. The highest BCUT2D eigenvalue weighted by molar-refractivity contribution is 7.93. The number of hydrogen-bond donors (Lipinski definition) is 3. The number of aromatic carboxylic acids is 1. The molecule has 0 atom stereocenters. The number of sulfonamides is 1. The Morgan fingerprint density at radius 1 is 1.19 bits per heavy atom. The van der Waals surface area contributed by atoms with Gasteiger partial charge in [0.25, 0.3) is 10.0 Å². The smallest absolute Gasteiger partial charge is 0.353 e. The Balaban J connectivity index is 2.41. The highest BCUT2D eigenvalue weighted by atomic mass is 35.5. The SMILES string of the molecule is O=C(O)c1cc(NS(=O)(=O)c2c(Cl)cc(Cl)cc2Cl)n[nH]1. The number of benzene rings is 1. The van der Waals surface area contributed by atoms with Crippen LogP contribution in [0, 0.1) is 0 Å². The predicted octanol–water partition coefficient (Wildman–Crippen LogP) is 2.87. The molecule has 11 heteroatoms. The van der Waals surface area contributed by atoms with Crippen LogP contribution >= 0.6 is 34.8 Å². The van der Waals surface area contributed by atoms with E-state index < -0.39 is 16.0 Å². The van der Waals surface area contributed by atoms with Crippen LogP contribution in [0.25, 0.3) is 0 Å². The van der Waals surface area contributed by atoms with Gasteiger partial charge in [-0.2, -0.15) is 5.10 Å². The van der Waals surface area contributed by atoms with Gasteiger partial charge in [-0.1, -0.05) is 34.8 Å². The molecule has 0 aliphatic carbocycles. The third-order valence-electron chi connectivity index (χ3n) is 2.28. The molecule has 2 rings (SSSR count). The van der Waals surface area contributed by atoms with E-state index in [0.29, 0.717) is 0 Å². The molecule has 0 unspecified atom stereocenters. The molecule has 0 radical (unpaired) electrons. The van der Waals surface area contributed by atoms with Crippen molar-refractivity contribution in [2.75, 3.05) is 4.72 Å². The Labute approximate surface area is 133 Å². The molecule has 1 heterocycles. The van der Waals surface area contributed by atoms with Crippen molar-refractivity contribution in [1.82, 2.24) is 10.2 Å². The maximum Gasteiger partial charge on any atom is 0.353 e. The highest BCUT2D eigenvalue weighted by Crippen LogP contribution is 2.33. The standard InChI is InChI=1S/C10H6Cl3N3O4S/c11-4-1-5(12)9(6(13)2-4)21(19,20)16-8-3-7(10(17)18)14-15-8/h1-3H,(H,17,18)(H2,14,15,16). The van der Waals surface area contributed by atoms with Gasteiger partial charge in [0.1, 0.15) is 10.6 Å². The number of anilines is 1. The average Bonchev–Trinajstić information content (AvgIpc) is 2.74. The van der Waals surface area contributed by atoms with Gasteiger partial charge < -0.3 is 5.11 Å². The fourth-order valence-electron chi connectivity index (χ4n) is 1.46. The zero-order chi connectivity index (χ0) is 15.8. The summed E-state index contributed by atoms with van der Waals surface area (Å²) in [4.78, 5) is 10.3. The molecule has 2 aromatic rings. The summed E-state index contributed by atoms with van der Waals surface area (Å²) in [7, 11) is -4.15. The van der Waals surface area contributed by atoms with Gasteiger partial charge in [-0.3, -0.25) is 9.82 Å². The Morgan fingerprint density at radius 2 is 1.76 bits per heavy atom. The first-order valence-corrected chi connectivity index (χ1v) is 7.78. The first kappa shape index (κ1) is 15.9. The molecule has 112 valence electrons. The van der Waals surface area contributed by atoms with E-state index in [-0.39, 0.29) is 31.5 Å². The fraction of sp³-hybridized carbons (Fsp3) is 0. The number of aromatic nitrogens is 2. The molecule has 0 fully saturated rings. The average molecular weight is 371 g/mol. The van der Waals surface area contributed by atoms with Crippen molar-refractivity contribution in [3.63, 3.8) is 0 Å². The van der Waals surface area contributed by atoms with Gasteiger partial charge in [-0.05, 0) is 12.1 Å². The van der Waals surface area contributed by atoms with Crippen LogP contribution < -0.4 is 4.72 Å². The summed E-state index contributed by atoms with van der Waals surface area (Å²) < 4.78 is 26.5. The van der Waals surface area contributed by atoms with Crippen LogP contribution in [0.2, 0.25) is 15.1 Å². The monoisotopic (exact) mass is 369 g/mol. The van der Waals surface area contributed by atoms with Gasteiger partial charge in [-0.15, -0.1) is 0 Å². The van der Waals surface area contributed by atoms with E-state index in [1.54, 1.807) is 0 Å². The van der Waals surface area contributed by atoms with Crippen molar-refractivity contribution < 1.29 is 18.3 Å². The molecule has 0 saturated carbocycles. The Bertz CT molecular complexity index is 796. The molecular formula is C10H6Cl3N3O4S. The second-order valence-corrected chi connectivity index (χ2v) is 6.65. The Kier molecular flexibility index (Phi) is 4.33. The maximum atomic E-state index is 12.2. The number of H-pyrrole nitrogens is 1. The van der Waals surface area contributed by atoms with Gasteiger partial charge in [0.05, 0.1) is 10.0 Å². The lowest BCUT2D eigenvalue weighted by atomic mass is 10.4. The minimum absolute atomic E-state index is 0.172. The third-order valence-corrected chi connectivity index (χ3v) is 4.77. The van der Waals surface area contributed by atoms with Crippen LogP contribution in [-0.2, 0) is 10.0 Å². The second-order valence-electron chi connectivity index (χ2n) is 3.78. The van der Waals surface area contributed by atoms with Crippen molar-refractivity contribution in [2.24, 2.45) is 0 Å². The third kappa shape index (κ3) is 3.41. The molecule has 1 aromatic heterocycles. The minimum Gasteiger partial charge on any atom is -0.477 e. The van der Waals surface area contributed by atoms with Gasteiger partial charge in [0.2, 0.25) is 0 Å². The number of aromatic amines is 1. The molecule has 7 nitrogen and oxygen atoms in total. The van der Waals surface area contributed by atoms with Gasteiger partial charge in [0.15, 0.2) is 5.82 Å². The summed E-state index contributed by atoms with van der Waals surface area (Å²) in [5.41, 5.74) is -0.277. The zero-order valence-corrected chi connectivity index (χ0v) is 13.0. The van der Waals surface area contributed by atoms with Crippen molar-refractivity contribution in [3.05, 3.63) is 39.0 Å². The van der Waals surface area contributed by atoms with Crippen LogP contribution in [0.15, 0.2) is 23.1 Å². The maximum absolute atomic E-state index is 12.2. The highest BCUT2D eigenvalue weighted by Gasteiger charge is 2.24. The van der Waals surface area contributed by atoms with Crippen LogP contribution in [-0.4, -0.2) is 29.7 Å². The normalized spacial score (nSPS) is 11.4. The molecule has 0 amide bonds. The molecule has 0 aliphatic rings. The fourth-order valence-corrected chi connectivity index (χ4v) is 4.00. The number of hydrogen-bond acceptors (Lipinski definition) is 4. The number of rotatable bonds is 4. The van der Waals surface area contributed by atoms with Crippen LogP contribution in [0.1, 0.15) is 10.5 Å². The number of carboxylic acids is 1. The van der Waals surface area contributed by atoms with Gasteiger partial charge >= 0.3 is 5.97 Å². The Hall–Kier alpha value is -1.48. The lowest BCUT2D eigenvalue weighted by Crippen LogP contribution is -2.14. The van der Waals surface area contributed by atoms with E-state index >= 15 is 0 Å². The number of halogens is 3. The van der Waals surface area contributed by atoms with Crippen LogP contribution in [0.5, 0.6) is 0 Å². The minimum atomic E-state index is -4.15. The quantitative estimate of drug-likeness (QED) is 0.766. The molecule has 0 bridgehead atoms. The molecule has 3 N–H and O–H groups in total. The van der Waals surface area contributed by atoms with E-state index in [9.17, 15) is 13.2 Å². The lowest BCUT2D eigenvalue weighted by molar-refractivity contribution is 0.0690. The largest absolute Gasteiger partial charge is 0.477 e. The number of carbonyl (C=O) groups is 1. The molecule has 0 saturated heterocycles. The summed E-state index contributed by atoms with van der Waals surface area (Å²) in [5.74, 6) is -1.50. The van der Waals surface area contributed by atoms with Gasteiger partial charge in [0, 0.05) is 11.1 Å². The predicted molar refractivity (Wildman–Crippen MR) is 77.8 cm³/mol. The summed E-state index contributed by atoms with van der Waals surface area (Å²) in [6, 6.07) is 3.45. The zero-order valence-electron chi connectivity index (χ0n) is 9.89. The number of nitrogens with zero attached hydrogens (tertiary/aromatic N) is 1. The van der Waals surface area contributed by atoms with Crippen LogP contribution in [0.4, 0.5) is 5.82 Å². The van der Waals surface area contributed by atoms with E-state index in [1.165, 1.54) is 12.1 Å². The second kappa shape index (κ2) is 5.72. The van der Waals surface area contributed by atoms with Crippen molar-refractivity contribution in [1.29, 1.82) is 0 Å². The molecular weight excluding hydrogens is 365 g/mol. The topological polar surface area (TPSA) is 112 Å². The summed E-state index contributed by atoms with van der Waals surface area (Å²) in [6.07, 6.45) is 0. The Morgan fingerprint density at radius 3 is 2.24 bits per heavy atom. The summed E-state index contributed by atoms with van der Waals surface area (Å²) in [6.45, 7) is 0. The lowest BCUT2D eigenvalue weighted by Gasteiger charge is -2.09.